The number of nitrogens with one attached hydrogen (secondary N) is 1. The quantitative estimate of drug-likeness (QED) is 0.340. The summed E-state index contributed by atoms with van der Waals surface area (Å²) in [5.74, 6) is 1.01. The third-order valence-electron chi connectivity index (χ3n) is 6.99. The Bertz CT molecular complexity index is 1460. The molecule has 2 aromatic heterocycles. The number of fused-ring (bicyclic) bond motifs is 1. The molecule has 3 N–H and O–H groups in total. The normalized spacial score (nSPS) is 17.3. The Hall–Kier alpha value is -4.11. The van der Waals surface area contributed by atoms with Crippen molar-refractivity contribution in [3.05, 3.63) is 60.0 Å². The maximum absolute atomic E-state index is 15.2. The molecule has 0 unspecified atom stereocenters. The minimum absolute atomic E-state index is 0.0649. The Kier molecular flexibility index (Phi) is 7.20. The zero-order chi connectivity index (χ0) is 26.8. The Morgan fingerprint density at radius 2 is 1.76 bits per heavy atom. The summed E-state index contributed by atoms with van der Waals surface area (Å²) in [6.07, 6.45) is 4.99. The lowest BCUT2D eigenvalue weighted by Crippen LogP contribution is -2.49. The highest BCUT2D eigenvalue weighted by atomic mass is 19.1. The molecule has 0 radical (unpaired) electrons. The second-order valence-electron chi connectivity index (χ2n) is 9.33. The number of halogens is 1. The van der Waals surface area contributed by atoms with Gasteiger partial charge in [0.25, 0.3) is 5.91 Å². The lowest BCUT2D eigenvalue weighted by atomic mass is 9.91. The first-order valence-electron chi connectivity index (χ1n) is 12.5. The summed E-state index contributed by atoms with van der Waals surface area (Å²) in [7, 11) is 4.58. The van der Waals surface area contributed by atoms with E-state index in [0.717, 1.165) is 31.9 Å². The minimum atomic E-state index is -0.560. The van der Waals surface area contributed by atoms with Crippen LogP contribution in [-0.2, 0) is 0 Å². The van der Waals surface area contributed by atoms with E-state index in [0.29, 0.717) is 45.2 Å². The molecular weight excluding hydrogens is 489 g/mol. The molecular formula is C29H30FN3O5. The average molecular weight is 520 g/mol. The Balaban J connectivity index is 1.53. The topological polar surface area (TPSA) is 109 Å². The van der Waals surface area contributed by atoms with Gasteiger partial charge >= 0.3 is 0 Å². The summed E-state index contributed by atoms with van der Waals surface area (Å²) in [5.41, 5.74) is 8.71. The molecule has 8 nitrogen and oxygen atoms in total. The minimum Gasteiger partial charge on any atom is -0.493 e. The first-order chi connectivity index (χ1) is 18.4. The highest BCUT2D eigenvalue weighted by Crippen LogP contribution is 2.43. The van der Waals surface area contributed by atoms with Gasteiger partial charge in [-0.3, -0.25) is 4.79 Å². The van der Waals surface area contributed by atoms with Gasteiger partial charge in [0.1, 0.15) is 11.3 Å². The van der Waals surface area contributed by atoms with Crippen LogP contribution in [0.3, 0.4) is 0 Å². The largest absolute Gasteiger partial charge is 0.493 e. The zero-order valence-electron chi connectivity index (χ0n) is 21.5. The molecule has 0 aliphatic heterocycles. The zero-order valence-corrected chi connectivity index (χ0v) is 21.5. The van der Waals surface area contributed by atoms with E-state index in [1.165, 1.54) is 21.3 Å². The number of methoxy groups -OCH3 is 3. The summed E-state index contributed by atoms with van der Waals surface area (Å²) >= 11 is 0. The van der Waals surface area contributed by atoms with E-state index < -0.39 is 5.82 Å². The standard InChI is InChI=1S/C29H30FN3O5/c1-35-24-12-18(13-25(36-2)28(24)37-3)23-14-22-27(38-23)26(19(30)15-32-22)16-7-6-8-17(11-16)29(34)33-21-10-5-4-9-20(21)31/h6-8,11-15,20-21H,4-5,9-10,31H2,1-3H3,(H,33,34)/t20-,21+/m0/s1. The van der Waals surface area contributed by atoms with Crippen molar-refractivity contribution in [3.8, 4) is 39.7 Å². The van der Waals surface area contributed by atoms with Crippen molar-refractivity contribution in [2.75, 3.05) is 21.3 Å². The van der Waals surface area contributed by atoms with Gasteiger partial charge in [-0.2, -0.15) is 0 Å². The number of ether oxygens (including phenoxy) is 3. The smallest absolute Gasteiger partial charge is 0.251 e. The number of carbonyl (C=O) groups excluding carboxylic acids is 1. The summed E-state index contributed by atoms with van der Waals surface area (Å²) in [6, 6.07) is 11.9. The molecule has 1 amide bonds. The lowest BCUT2D eigenvalue weighted by molar-refractivity contribution is 0.0921. The second kappa shape index (κ2) is 10.7. The fourth-order valence-corrected chi connectivity index (χ4v) is 5.00. The van der Waals surface area contributed by atoms with Crippen molar-refractivity contribution in [1.29, 1.82) is 0 Å². The molecule has 0 spiro atoms. The van der Waals surface area contributed by atoms with Gasteiger partial charge in [0.05, 0.1) is 33.1 Å². The number of aromatic nitrogens is 1. The number of nitrogens with zero attached hydrogens (tertiary/aromatic N) is 1. The van der Waals surface area contributed by atoms with Crippen LogP contribution in [0, 0.1) is 5.82 Å². The van der Waals surface area contributed by atoms with Crippen LogP contribution in [0.25, 0.3) is 33.6 Å². The first kappa shape index (κ1) is 25.5. The SMILES string of the molecule is COc1cc(-c2cc3ncc(F)c(-c4cccc(C(=O)N[C@@H]5CCCC[C@@H]5N)c4)c3o2)cc(OC)c1OC. The highest BCUT2D eigenvalue weighted by molar-refractivity contribution is 5.98. The number of furan rings is 1. The number of hydrogen-bond acceptors (Lipinski definition) is 7. The number of nitrogens with two attached hydrogens (primary N) is 1. The number of hydrogen-bond donors (Lipinski definition) is 2. The van der Waals surface area contributed by atoms with Crippen LogP contribution in [0.1, 0.15) is 36.0 Å². The molecule has 2 atom stereocenters. The Labute approximate surface area is 219 Å². The van der Waals surface area contributed by atoms with E-state index >= 15 is 4.39 Å². The molecule has 2 aromatic carbocycles. The third kappa shape index (κ3) is 4.77. The molecule has 0 bridgehead atoms. The number of pyridine rings is 1. The molecule has 0 saturated heterocycles. The molecule has 9 heteroatoms. The molecule has 5 rings (SSSR count). The molecule has 198 valence electrons. The highest BCUT2D eigenvalue weighted by Gasteiger charge is 2.25. The lowest BCUT2D eigenvalue weighted by Gasteiger charge is -2.29. The maximum Gasteiger partial charge on any atom is 0.251 e. The summed E-state index contributed by atoms with van der Waals surface area (Å²) in [6.45, 7) is 0. The number of rotatable bonds is 7. The van der Waals surface area contributed by atoms with Crippen LogP contribution in [0.15, 0.2) is 53.1 Å². The van der Waals surface area contributed by atoms with Crippen LogP contribution in [0.4, 0.5) is 4.39 Å². The Morgan fingerprint density at radius 3 is 2.45 bits per heavy atom. The van der Waals surface area contributed by atoms with Gasteiger partial charge < -0.3 is 29.7 Å². The van der Waals surface area contributed by atoms with Crippen LogP contribution >= 0.6 is 0 Å². The van der Waals surface area contributed by atoms with Gasteiger partial charge in [-0.25, -0.2) is 9.37 Å². The fraction of sp³-hybridized carbons (Fsp3) is 0.310. The fourth-order valence-electron chi connectivity index (χ4n) is 5.00. The van der Waals surface area contributed by atoms with E-state index in [1.54, 1.807) is 42.5 Å². The maximum atomic E-state index is 15.2. The van der Waals surface area contributed by atoms with Crippen molar-refractivity contribution < 1.29 is 27.8 Å². The van der Waals surface area contributed by atoms with Crippen molar-refractivity contribution in [3.63, 3.8) is 0 Å². The van der Waals surface area contributed by atoms with Gasteiger partial charge in [-0.15, -0.1) is 0 Å². The van der Waals surface area contributed by atoms with E-state index in [2.05, 4.69) is 10.3 Å². The molecule has 1 fully saturated rings. The number of benzene rings is 2. The predicted molar refractivity (Wildman–Crippen MR) is 142 cm³/mol. The van der Waals surface area contributed by atoms with Gasteiger partial charge in [-0.05, 0) is 42.7 Å². The van der Waals surface area contributed by atoms with E-state index in [1.807, 2.05) is 0 Å². The van der Waals surface area contributed by atoms with E-state index in [4.69, 9.17) is 24.4 Å². The molecule has 1 aliphatic rings. The van der Waals surface area contributed by atoms with Crippen molar-refractivity contribution >= 4 is 17.0 Å². The summed E-state index contributed by atoms with van der Waals surface area (Å²) in [4.78, 5) is 17.2. The van der Waals surface area contributed by atoms with Crippen molar-refractivity contribution in [2.45, 2.75) is 37.8 Å². The van der Waals surface area contributed by atoms with Gasteiger partial charge in [0.15, 0.2) is 22.9 Å². The van der Waals surface area contributed by atoms with E-state index in [-0.39, 0.29) is 29.1 Å². The van der Waals surface area contributed by atoms with Gasteiger partial charge in [-0.1, -0.05) is 25.0 Å². The molecule has 2 heterocycles. The van der Waals surface area contributed by atoms with Crippen molar-refractivity contribution in [1.82, 2.24) is 10.3 Å². The van der Waals surface area contributed by atoms with Crippen LogP contribution in [-0.4, -0.2) is 44.3 Å². The second-order valence-corrected chi connectivity index (χ2v) is 9.33. The van der Waals surface area contributed by atoms with Crippen molar-refractivity contribution in [2.24, 2.45) is 5.73 Å². The first-order valence-corrected chi connectivity index (χ1v) is 12.5. The Morgan fingerprint density at radius 1 is 1.03 bits per heavy atom. The van der Waals surface area contributed by atoms with Crippen LogP contribution in [0.2, 0.25) is 0 Å². The number of amides is 1. The predicted octanol–water partition coefficient (Wildman–Crippen LogP) is 5.33. The average Bonchev–Trinajstić information content (AvgIpc) is 3.37. The third-order valence-corrected chi connectivity index (χ3v) is 6.99. The van der Waals surface area contributed by atoms with E-state index in [9.17, 15) is 4.79 Å². The molecule has 4 aromatic rings. The van der Waals surface area contributed by atoms with Crippen LogP contribution in [0.5, 0.6) is 17.2 Å². The monoisotopic (exact) mass is 519 g/mol. The molecule has 38 heavy (non-hydrogen) atoms. The molecule has 1 saturated carbocycles. The van der Waals surface area contributed by atoms with Crippen LogP contribution < -0.4 is 25.3 Å². The molecule has 1 aliphatic carbocycles. The summed E-state index contributed by atoms with van der Waals surface area (Å²) < 4.78 is 37.7. The number of carbonyl (C=O) groups is 1. The summed E-state index contributed by atoms with van der Waals surface area (Å²) in [5, 5.41) is 3.04. The van der Waals surface area contributed by atoms with Gasteiger partial charge in [0, 0.05) is 29.3 Å². The van der Waals surface area contributed by atoms with Gasteiger partial charge in [0.2, 0.25) is 5.75 Å².